The Bertz CT molecular complexity index is 955. The van der Waals surface area contributed by atoms with Gasteiger partial charge in [0.2, 0.25) is 0 Å². The summed E-state index contributed by atoms with van der Waals surface area (Å²) in [6.45, 7) is -0.138. The lowest BCUT2D eigenvalue weighted by Crippen LogP contribution is -2.20. The quantitative estimate of drug-likeness (QED) is 0.566. The van der Waals surface area contributed by atoms with Crippen LogP contribution in [-0.2, 0) is 4.79 Å². The van der Waals surface area contributed by atoms with Gasteiger partial charge in [-0.2, -0.15) is 0 Å². The molecule has 1 heterocycles. The molecule has 0 aliphatic carbocycles. The number of rotatable bonds is 7. The van der Waals surface area contributed by atoms with Crippen molar-refractivity contribution in [2.24, 2.45) is 0 Å². The number of amides is 2. The lowest BCUT2D eigenvalue weighted by Gasteiger charge is -2.12. The van der Waals surface area contributed by atoms with Crippen molar-refractivity contribution in [1.82, 2.24) is 0 Å². The molecule has 0 fully saturated rings. The topological polar surface area (TPSA) is 89.8 Å². The van der Waals surface area contributed by atoms with Gasteiger partial charge < -0.3 is 24.5 Å². The van der Waals surface area contributed by atoms with Gasteiger partial charge in [0.25, 0.3) is 11.8 Å². The Hall–Kier alpha value is -3.26. The molecule has 7 nitrogen and oxygen atoms in total. The summed E-state index contributed by atoms with van der Waals surface area (Å²) in [4.78, 5) is 24.2. The van der Waals surface area contributed by atoms with Crippen molar-refractivity contribution in [3.63, 3.8) is 0 Å². The molecule has 2 amide bonds. The van der Waals surface area contributed by atoms with E-state index >= 15 is 0 Å². The average molecular weight is 445 g/mol. The molecule has 0 aliphatic rings. The Balaban J connectivity index is 1.60. The Morgan fingerprint density at radius 3 is 2.54 bits per heavy atom. The second-order valence-electron chi connectivity index (χ2n) is 5.64. The van der Waals surface area contributed by atoms with Crippen molar-refractivity contribution in [2.75, 3.05) is 24.4 Å². The number of anilines is 2. The highest BCUT2D eigenvalue weighted by molar-refractivity contribution is 9.10. The second kappa shape index (κ2) is 9.09. The molecule has 0 atom stereocenters. The maximum Gasteiger partial charge on any atom is 0.291 e. The zero-order valence-corrected chi connectivity index (χ0v) is 16.5. The molecule has 2 aromatic carbocycles. The number of nitrogens with one attached hydrogen (secondary N) is 2. The molecular weight excluding hydrogens is 428 g/mol. The van der Waals surface area contributed by atoms with E-state index in [0.29, 0.717) is 22.9 Å². The summed E-state index contributed by atoms with van der Waals surface area (Å²) < 4.78 is 16.7. The number of methoxy groups -OCH3 is 1. The number of hydrogen-bond donors (Lipinski definition) is 2. The minimum absolute atomic E-state index is 0.138. The number of benzene rings is 2. The van der Waals surface area contributed by atoms with Gasteiger partial charge in [-0.25, -0.2) is 0 Å². The third-order valence-corrected chi connectivity index (χ3v) is 4.19. The number of carbonyl (C=O) groups is 2. The zero-order chi connectivity index (χ0) is 19.9. The summed E-state index contributed by atoms with van der Waals surface area (Å²) in [5.41, 5.74) is 0.963. The Morgan fingerprint density at radius 1 is 1.07 bits per heavy atom. The van der Waals surface area contributed by atoms with Gasteiger partial charge in [-0.3, -0.25) is 9.59 Å². The fourth-order valence-corrected chi connectivity index (χ4v) is 2.61. The molecule has 0 unspecified atom stereocenters. The maximum atomic E-state index is 12.1. The van der Waals surface area contributed by atoms with Crippen LogP contribution in [0, 0.1) is 0 Å². The summed E-state index contributed by atoms with van der Waals surface area (Å²) >= 11 is 3.34. The normalized spacial score (nSPS) is 10.2. The first kappa shape index (κ1) is 19.5. The standard InChI is InChI=1S/C20H17BrN2O5/c1-26-18-11-14(6-9-16(18)23-20(25)17-3-2-10-27-17)22-19(24)12-28-15-7-4-13(21)5-8-15/h2-11H,12H2,1H3,(H,22,24)(H,23,25). The van der Waals surface area contributed by atoms with Crippen LogP contribution >= 0.6 is 15.9 Å². The highest BCUT2D eigenvalue weighted by Gasteiger charge is 2.13. The Morgan fingerprint density at radius 2 is 1.86 bits per heavy atom. The van der Waals surface area contributed by atoms with Gasteiger partial charge in [-0.15, -0.1) is 0 Å². The summed E-state index contributed by atoms with van der Waals surface area (Å²) in [5.74, 6) is 0.448. The highest BCUT2D eigenvalue weighted by Crippen LogP contribution is 2.28. The van der Waals surface area contributed by atoms with Crippen molar-refractivity contribution in [1.29, 1.82) is 0 Å². The van der Waals surface area contributed by atoms with Crippen molar-refractivity contribution in [2.45, 2.75) is 0 Å². The summed E-state index contributed by atoms with van der Waals surface area (Å²) in [6, 6.07) is 15.2. The average Bonchev–Trinajstić information content (AvgIpc) is 3.23. The molecule has 0 saturated heterocycles. The van der Waals surface area contributed by atoms with Crippen molar-refractivity contribution < 1.29 is 23.5 Å². The lowest BCUT2D eigenvalue weighted by molar-refractivity contribution is -0.118. The Kier molecular flexibility index (Phi) is 6.33. The summed E-state index contributed by atoms with van der Waals surface area (Å²) in [6.07, 6.45) is 1.42. The van der Waals surface area contributed by atoms with Gasteiger partial charge in [0.1, 0.15) is 11.5 Å². The predicted molar refractivity (Wildman–Crippen MR) is 108 cm³/mol. The van der Waals surface area contributed by atoms with Gasteiger partial charge in [0.15, 0.2) is 12.4 Å². The predicted octanol–water partition coefficient (Wildman–Crippen LogP) is 4.32. The molecule has 28 heavy (non-hydrogen) atoms. The van der Waals surface area contributed by atoms with Crippen LogP contribution in [0.25, 0.3) is 0 Å². The third-order valence-electron chi connectivity index (χ3n) is 3.66. The van der Waals surface area contributed by atoms with Gasteiger partial charge in [0, 0.05) is 16.2 Å². The highest BCUT2D eigenvalue weighted by atomic mass is 79.9. The minimum atomic E-state index is -0.400. The van der Waals surface area contributed by atoms with Crippen LogP contribution in [0.1, 0.15) is 10.6 Å². The van der Waals surface area contributed by atoms with E-state index in [-0.39, 0.29) is 18.3 Å². The van der Waals surface area contributed by atoms with Crippen LogP contribution in [0.5, 0.6) is 11.5 Å². The van der Waals surface area contributed by atoms with E-state index in [1.165, 1.54) is 13.4 Å². The van der Waals surface area contributed by atoms with Crippen molar-refractivity contribution in [3.8, 4) is 11.5 Å². The molecule has 8 heteroatoms. The number of furan rings is 1. The molecule has 0 aliphatic heterocycles. The van der Waals surface area contributed by atoms with E-state index in [1.54, 1.807) is 42.5 Å². The van der Waals surface area contributed by atoms with Crippen LogP contribution in [-0.4, -0.2) is 25.5 Å². The number of halogens is 1. The van der Waals surface area contributed by atoms with Crippen LogP contribution in [0.15, 0.2) is 69.8 Å². The molecule has 0 saturated carbocycles. The van der Waals surface area contributed by atoms with Crippen LogP contribution in [0.3, 0.4) is 0 Å². The third kappa shape index (κ3) is 5.14. The van der Waals surface area contributed by atoms with Gasteiger partial charge in [0.05, 0.1) is 19.1 Å². The molecule has 144 valence electrons. The van der Waals surface area contributed by atoms with E-state index in [4.69, 9.17) is 13.9 Å². The molecule has 1 aromatic heterocycles. The van der Waals surface area contributed by atoms with Gasteiger partial charge in [-0.05, 0) is 48.5 Å². The number of carbonyl (C=O) groups excluding carboxylic acids is 2. The fraction of sp³-hybridized carbons (Fsp3) is 0.100. The van der Waals surface area contributed by atoms with Crippen LogP contribution in [0.2, 0.25) is 0 Å². The lowest BCUT2D eigenvalue weighted by atomic mass is 10.2. The zero-order valence-electron chi connectivity index (χ0n) is 14.9. The van der Waals surface area contributed by atoms with E-state index in [0.717, 1.165) is 4.47 Å². The smallest absolute Gasteiger partial charge is 0.291 e. The molecule has 0 spiro atoms. The SMILES string of the molecule is COc1cc(NC(=O)COc2ccc(Br)cc2)ccc1NC(=O)c1ccco1. The first-order valence-electron chi connectivity index (χ1n) is 8.26. The summed E-state index contributed by atoms with van der Waals surface area (Å²) in [7, 11) is 1.47. The second-order valence-corrected chi connectivity index (χ2v) is 6.55. The van der Waals surface area contributed by atoms with Crippen LogP contribution in [0.4, 0.5) is 11.4 Å². The Labute approximate surface area is 169 Å². The van der Waals surface area contributed by atoms with Crippen LogP contribution < -0.4 is 20.1 Å². The molecular formula is C20H17BrN2O5. The largest absolute Gasteiger partial charge is 0.494 e. The first-order chi connectivity index (χ1) is 13.5. The van der Waals surface area contributed by atoms with E-state index < -0.39 is 5.91 Å². The van der Waals surface area contributed by atoms with Crippen molar-refractivity contribution >= 4 is 39.1 Å². The summed E-state index contributed by atoms with van der Waals surface area (Å²) in [5, 5.41) is 5.42. The molecule has 3 aromatic rings. The molecule has 0 bridgehead atoms. The minimum Gasteiger partial charge on any atom is -0.494 e. The number of ether oxygens (including phenoxy) is 2. The molecule has 3 rings (SSSR count). The van der Waals surface area contributed by atoms with E-state index in [2.05, 4.69) is 26.6 Å². The van der Waals surface area contributed by atoms with E-state index in [9.17, 15) is 9.59 Å². The monoisotopic (exact) mass is 444 g/mol. The molecule has 2 N–H and O–H groups in total. The van der Waals surface area contributed by atoms with E-state index in [1.807, 2.05) is 12.1 Å². The first-order valence-corrected chi connectivity index (χ1v) is 9.05. The molecule has 0 radical (unpaired) electrons. The van der Waals surface area contributed by atoms with Crippen molar-refractivity contribution in [3.05, 3.63) is 71.1 Å². The fourth-order valence-electron chi connectivity index (χ4n) is 2.34. The van der Waals surface area contributed by atoms with Gasteiger partial charge >= 0.3 is 0 Å². The number of hydrogen-bond acceptors (Lipinski definition) is 5. The maximum absolute atomic E-state index is 12.1. The van der Waals surface area contributed by atoms with Gasteiger partial charge in [-0.1, -0.05) is 15.9 Å².